The van der Waals surface area contributed by atoms with Gasteiger partial charge in [0.1, 0.15) is 12.4 Å². The maximum atomic E-state index is 12.6. The van der Waals surface area contributed by atoms with Crippen molar-refractivity contribution in [2.75, 3.05) is 18.5 Å². The highest BCUT2D eigenvalue weighted by Gasteiger charge is 2.34. The third kappa shape index (κ3) is 5.35. The van der Waals surface area contributed by atoms with Crippen molar-refractivity contribution in [3.8, 4) is 5.75 Å². The number of anilines is 1. The first kappa shape index (κ1) is 24.0. The lowest BCUT2D eigenvalue weighted by Crippen LogP contribution is -2.33. The molecule has 180 valence electrons. The minimum Gasteiger partial charge on any atom is -0.492 e. The quantitative estimate of drug-likeness (QED) is 0.439. The number of nitrogens with zero attached hydrogens (tertiary/aromatic N) is 1. The second-order valence-electron chi connectivity index (χ2n) is 8.60. The molecule has 0 bridgehead atoms. The van der Waals surface area contributed by atoms with E-state index in [1.807, 2.05) is 20.8 Å². The summed E-state index contributed by atoms with van der Waals surface area (Å²) in [5, 5.41) is 5.90. The fraction of sp³-hybridized carbons (Fsp3) is 0.250. The molecule has 0 aromatic heterocycles. The fourth-order valence-corrected chi connectivity index (χ4v) is 4.19. The van der Waals surface area contributed by atoms with Gasteiger partial charge in [-0.3, -0.25) is 14.5 Å². The second-order valence-corrected chi connectivity index (χ2v) is 8.60. The van der Waals surface area contributed by atoms with Gasteiger partial charge in [0.15, 0.2) is 0 Å². The number of nitrogens with one attached hydrogen (secondary N) is 2. The number of hydrogen-bond donors (Lipinski definition) is 2. The minimum absolute atomic E-state index is 0.0837. The predicted molar refractivity (Wildman–Crippen MR) is 135 cm³/mol. The highest BCUT2D eigenvalue weighted by atomic mass is 16.5. The van der Waals surface area contributed by atoms with Crippen LogP contribution in [0.2, 0.25) is 0 Å². The molecule has 4 rings (SSSR count). The van der Waals surface area contributed by atoms with Gasteiger partial charge in [-0.1, -0.05) is 42.8 Å². The van der Waals surface area contributed by atoms with E-state index in [0.717, 1.165) is 23.1 Å². The molecule has 4 amide bonds. The molecule has 0 aliphatic carbocycles. The van der Waals surface area contributed by atoms with Crippen molar-refractivity contribution in [3.05, 3.63) is 94.5 Å². The summed E-state index contributed by atoms with van der Waals surface area (Å²) in [6, 6.07) is 19.6. The Labute approximate surface area is 205 Å². The first-order valence-electron chi connectivity index (χ1n) is 11.7. The van der Waals surface area contributed by atoms with Crippen molar-refractivity contribution in [1.29, 1.82) is 0 Å². The molecule has 3 aromatic rings. The van der Waals surface area contributed by atoms with Crippen LogP contribution in [0.5, 0.6) is 5.75 Å². The lowest BCUT2D eigenvalue weighted by molar-refractivity contribution is 0.0631. The number of urea groups is 1. The van der Waals surface area contributed by atoms with Gasteiger partial charge in [0.2, 0.25) is 0 Å². The summed E-state index contributed by atoms with van der Waals surface area (Å²) in [6.07, 6.45) is 0.775. The molecule has 0 saturated heterocycles. The van der Waals surface area contributed by atoms with Gasteiger partial charge in [-0.2, -0.15) is 0 Å². The summed E-state index contributed by atoms with van der Waals surface area (Å²) in [7, 11) is 0. The van der Waals surface area contributed by atoms with Crippen molar-refractivity contribution < 1.29 is 19.1 Å². The van der Waals surface area contributed by atoms with Crippen LogP contribution in [-0.2, 0) is 0 Å². The Morgan fingerprint density at radius 2 is 1.60 bits per heavy atom. The van der Waals surface area contributed by atoms with E-state index in [1.54, 1.807) is 48.5 Å². The summed E-state index contributed by atoms with van der Waals surface area (Å²) in [5.74, 6) is -0.0219. The highest BCUT2D eigenvalue weighted by Crippen LogP contribution is 2.24. The smallest absolute Gasteiger partial charge is 0.319 e. The van der Waals surface area contributed by atoms with E-state index in [-0.39, 0.29) is 37.0 Å². The molecular weight excluding hydrogens is 442 g/mol. The van der Waals surface area contributed by atoms with Gasteiger partial charge in [0.05, 0.1) is 23.7 Å². The Balaban J connectivity index is 1.28. The third-order valence-corrected chi connectivity index (χ3v) is 6.10. The number of benzene rings is 3. The normalized spacial score (nSPS) is 13.4. The van der Waals surface area contributed by atoms with Gasteiger partial charge in [-0.05, 0) is 67.8 Å². The van der Waals surface area contributed by atoms with E-state index in [2.05, 4.69) is 28.8 Å². The molecule has 1 atom stereocenters. The standard InChI is InChI=1S/C28H29N3O4/c1-4-25(24-17-18(2)9-10-19(24)3)30-28(34)29-20-11-13-21(14-12-20)35-16-15-31-26(32)22-7-5-6-8-23(22)27(31)33/h5-14,17,25H,4,15-16H2,1-3H3,(H2,29,30,34). The van der Waals surface area contributed by atoms with Crippen molar-refractivity contribution in [3.63, 3.8) is 0 Å². The lowest BCUT2D eigenvalue weighted by Gasteiger charge is -2.20. The van der Waals surface area contributed by atoms with Crippen LogP contribution in [0.15, 0.2) is 66.7 Å². The third-order valence-electron chi connectivity index (χ3n) is 6.10. The van der Waals surface area contributed by atoms with Gasteiger partial charge < -0.3 is 15.4 Å². The zero-order valence-electron chi connectivity index (χ0n) is 20.1. The Bertz CT molecular complexity index is 1220. The molecule has 7 heteroatoms. The van der Waals surface area contributed by atoms with Crippen LogP contribution in [0, 0.1) is 13.8 Å². The zero-order valence-corrected chi connectivity index (χ0v) is 20.1. The fourth-order valence-electron chi connectivity index (χ4n) is 4.19. The van der Waals surface area contributed by atoms with Crippen LogP contribution < -0.4 is 15.4 Å². The molecule has 0 saturated carbocycles. The number of carbonyl (C=O) groups is 3. The van der Waals surface area contributed by atoms with E-state index in [4.69, 9.17) is 4.74 Å². The van der Waals surface area contributed by atoms with Crippen molar-refractivity contribution in [2.45, 2.75) is 33.2 Å². The van der Waals surface area contributed by atoms with Gasteiger partial charge in [0, 0.05) is 5.69 Å². The van der Waals surface area contributed by atoms with E-state index in [0.29, 0.717) is 22.6 Å². The lowest BCUT2D eigenvalue weighted by atomic mass is 9.97. The number of fused-ring (bicyclic) bond motifs is 1. The molecule has 2 N–H and O–H groups in total. The van der Waals surface area contributed by atoms with Crippen LogP contribution >= 0.6 is 0 Å². The molecule has 1 aliphatic heterocycles. The first-order chi connectivity index (χ1) is 16.9. The Kier molecular flexibility index (Phi) is 7.15. The molecule has 0 spiro atoms. The Morgan fingerprint density at radius 3 is 2.23 bits per heavy atom. The SMILES string of the molecule is CCC(NC(=O)Nc1ccc(OCCN2C(=O)c3ccccc3C2=O)cc1)c1cc(C)ccc1C. The summed E-state index contributed by atoms with van der Waals surface area (Å²) in [5.41, 5.74) is 4.90. The van der Waals surface area contributed by atoms with Gasteiger partial charge in [0.25, 0.3) is 11.8 Å². The largest absolute Gasteiger partial charge is 0.492 e. The van der Waals surface area contributed by atoms with E-state index >= 15 is 0 Å². The molecule has 1 unspecified atom stereocenters. The van der Waals surface area contributed by atoms with E-state index in [1.165, 1.54) is 4.90 Å². The first-order valence-corrected chi connectivity index (χ1v) is 11.7. The van der Waals surface area contributed by atoms with Crippen LogP contribution in [0.25, 0.3) is 0 Å². The van der Waals surface area contributed by atoms with Crippen LogP contribution in [0.4, 0.5) is 10.5 Å². The van der Waals surface area contributed by atoms with E-state index < -0.39 is 0 Å². The van der Waals surface area contributed by atoms with Gasteiger partial charge >= 0.3 is 6.03 Å². The summed E-state index contributed by atoms with van der Waals surface area (Å²) >= 11 is 0. The Hall–Kier alpha value is -4.13. The monoisotopic (exact) mass is 471 g/mol. The number of amides is 4. The maximum absolute atomic E-state index is 12.6. The average Bonchev–Trinajstić information content (AvgIpc) is 3.10. The van der Waals surface area contributed by atoms with Crippen molar-refractivity contribution >= 4 is 23.5 Å². The molecule has 35 heavy (non-hydrogen) atoms. The van der Waals surface area contributed by atoms with Crippen LogP contribution in [0.3, 0.4) is 0 Å². The second kappa shape index (κ2) is 10.4. The predicted octanol–water partition coefficient (Wildman–Crippen LogP) is 5.25. The number of ether oxygens (including phenoxy) is 1. The van der Waals surface area contributed by atoms with Gasteiger partial charge in [-0.15, -0.1) is 0 Å². The molecule has 3 aromatic carbocycles. The topological polar surface area (TPSA) is 87.7 Å². The Morgan fingerprint density at radius 1 is 0.943 bits per heavy atom. The number of rotatable bonds is 8. The maximum Gasteiger partial charge on any atom is 0.319 e. The van der Waals surface area contributed by atoms with Crippen LogP contribution in [-0.4, -0.2) is 35.9 Å². The number of hydrogen-bond acceptors (Lipinski definition) is 4. The molecule has 7 nitrogen and oxygen atoms in total. The minimum atomic E-state index is -0.300. The summed E-state index contributed by atoms with van der Waals surface area (Å²) in [6.45, 7) is 6.46. The molecule has 0 radical (unpaired) electrons. The van der Waals surface area contributed by atoms with E-state index in [9.17, 15) is 14.4 Å². The average molecular weight is 472 g/mol. The van der Waals surface area contributed by atoms with Crippen molar-refractivity contribution in [1.82, 2.24) is 10.2 Å². The number of imide groups is 1. The molecule has 1 aliphatic rings. The van der Waals surface area contributed by atoms with Crippen molar-refractivity contribution in [2.24, 2.45) is 0 Å². The molecular formula is C28H29N3O4. The summed E-state index contributed by atoms with van der Waals surface area (Å²) < 4.78 is 5.71. The van der Waals surface area contributed by atoms with Crippen LogP contribution in [0.1, 0.15) is 56.8 Å². The zero-order chi connectivity index (χ0) is 24.9. The number of aryl methyl sites for hydroxylation is 2. The summed E-state index contributed by atoms with van der Waals surface area (Å²) in [4.78, 5) is 38.6. The highest BCUT2D eigenvalue weighted by molar-refractivity contribution is 6.21. The molecule has 0 fully saturated rings. The molecule has 1 heterocycles. The van der Waals surface area contributed by atoms with Gasteiger partial charge in [-0.25, -0.2) is 4.79 Å². The number of carbonyl (C=O) groups excluding carboxylic acids is 3.